The second kappa shape index (κ2) is 8.44. The number of hydrogen-bond donors (Lipinski definition) is 2. The molecule has 168 valence electrons. The number of fused-ring (bicyclic) bond motifs is 1. The van der Waals surface area contributed by atoms with Gasteiger partial charge in [-0.05, 0) is 56.8 Å². The van der Waals surface area contributed by atoms with Crippen LogP contribution in [0.1, 0.15) is 29.3 Å². The molecule has 1 aromatic heterocycles. The van der Waals surface area contributed by atoms with Crippen LogP contribution in [0.4, 0.5) is 16.0 Å². The lowest BCUT2D eigenvalue weighted by molar-refractivity contribution is 0.0740. The van der Waals surface area contributed by atoms with Crippen LogP contribution in [0.5, 0.6) is 0 Å². The number of amides is 1. The zero-order chi connectivity index (χ0) is 23.0. The van der Waals surface area contributed by atoms with Crippen LogP contribution in [-0.2, 0) is 10.0 Å². The first-order valence-corrected chi connectivity index (χ1v) is 11.7. The molecule has 0 bridgehead atoms. The van der Waals surface area contributed by atoms with E-state index >= 15 is 0 Å². The molecular formula is C22H24FN5O3S. The summed E-state index contributed by atoms with van der Waals surface area (Å²) in [4.78, 5) is 23.4. The van der Waals surface area contributed by atoms with Gasteiger partial charge in [0.15, 0.2) is 0 Å². The van der Waals surface area contributed by atoms with Gasteiger partial charge in [0.05, 0.1) is 17.0 Å². The molecule has 1 fully saturated rings. The fourth-order valence-electron chi connectivity index (χ4n) is 3.81. The number of benzene rings is 2. The summed E-state index contributed by atoms with van der Waals surface area (Å²) >= 11 is 0. The van der Waals surface area contributed by atoms with E-state index < -0.39 is 16.2 Å². The Hall–Kier alpha value is -3.11. The number of hydrogen-bond acceptors (Lipinski definition) is 6. The van der Waals surface area contributed by atoms with E-state index in [9.17, 15) is 17.6 Å². The lowest BCUT2D eigenvalue weighted by Crippen LogP contribution is -2.34. The number of sulfonamides is 1. The number of aromatic nitrogens is 2. The van der Waals surface area contributed by atoms with E-state index in [1.807, 2.05) is 6.92 Å². The number of carbonyl (C=O) groups excluding carboxylic acids is 1. The summed E-state index contributed by atoms with van der Waals surface area (Å²) in [5.74, 6) is 0.0950. The van der Waals surface area contributed by atoms with E-state index in [1.165, 1.54) is 13.1 Å². The number of alkyl halides is 1. The third-order valence-electron chi connectivity index (χ3n) is 5.64. The molecule has 1 aliphatic heterocycles. The van der Waals surface area contributed by atoms with Crippen LogP contribution in [0.25, 0.3) is 10.9 Å². The Labute approximate surface area is 185 Å². The van der Waals surface area contributed by atoms with Gasteiger partial charge in [-0.2, -0.15) is 0 Å². The summed E-state index contributed by atoms with van der Waals surface area (Å²) in [5, 5.41) is 3.86. The average molecular weight is 458 g/mol. The van der Waals surface area contributed by atoms with Gasteiger partial charge in [-0.3, -0.25) is 4.79 Å². The van der Waals surface area contributed by atoms with Crippen LogP contribution >= 0.6 is 0 Å². The lowest BCUT2D eigenvalue weighted by Gasteiger charge is -2.21. The zero-order valence-corrected chi connectivity index (χ0v) is 18.8. The highest BCUT2D eigenvalue weighted by molar-refractivity contribution is 7.89. The second-order valence-corrected chi connectivity index (χ2v) is 9.80. The van der Waals surface area contributed by atoms with E-state index in [0.717, 1.165) is 5.39 Å². The molecule has 0 radical (unpaired) electrons. The summed E-state index contributed by atoms with van der Waals surface area (Å²) in [7, 11) is -2.17. The molecule has 8 nitrogen and oxygen atoms in total. The number of likely N-dealkylation sites (tertiary alicyclic amines) is 1. The molecule has 2 atom stereocenters. The minimum absolute atomic E-state index is 0.104. The quantitative estimate of drug-likeness (QED) is 0.610. The molecule has 0 aliphatic carbocycles. The number of halogens is 1. The molecule has 32 heavy (non-hydrogen) atoms. The summed E-state index contributed by atoms with van der Waals surface area (Å²) in [6.45, 7) is 3.73. The van der Waals surface area contributed by atoms with Gasteiger partial charge in [0.2, 0.25) is 16.0 Å². The summed E-state index contributed by atoms with van der Waals surface area (Å²) < 4.78 is 39.9. The van der Waals surface area contributed by atoms with Crippen LogP contribution in [0.2, 0.25) is 0 Å². The molecule has 0 spiro atoms. The highest BCUT2D eigenvalue weighted by atomic mass is 32.2. The zero-order valence-electron chi connectivity index (χ0n) is 18.0. The van der Waals surface area contributed by atoms with E-state index in [4.69, 9.17) is 0 Å². The smallest absolute Gasteiger partial charge is 0.254 e. The minimum atomic E-state index is -3.54. The van der Waals surface area contributed by atoms with Gasteiger partial charge in [-0.15, -0.1) is 0 Å². The molecule has 2 aromatic carbocycles. The van der Waals surface area contributed by atoms with Crippen molar-refractivity contribution >= 4 is 38.5 Å². The molecule has 2 heterocycles. The van der Waals surface area contributed by atoms with Crippen molar-refractivity contribution in [1.29, 1.82) is 0 Å². The molecule has 1 amide bonds. The summed E-state index contributed by atoms with van der Waals surface area (Å²) in [5.41, 5.74) is 2.38. The van der Waals surface area contributed by atoms with Crippen LogP contribution < -0.4 is 10.0 Å². The molecule has 1 saturated heterocycles. The van der Waals surface area contributed by atoms with Gasteiger partial charge < -0.3 is 10.2 Å². The van der Waals surface area contributed by atoms with Crippen molar-refractivity contribution in [2.75, 3.05) is 18.9 Å². The van der Waals surface area contributed by atoms with E-state index in [-0.39, 0.29) is 23.4 Å². The van der Waals surface area contributed by atoms with Crippen LogP contribution in [0, 0.1) is 6.92 Å². The number of nitrogens with one attached hydrogen (secondary N) is 2. The molecule has 0 unspecified atom stereocenters. The summed E-state index contributed by atoms with van der Waals surface area (Å²) in [6, 6.07) is 9.70. The van der Waals surface area contributed by atoms with Crippen molar-refractivity contribution in [3.8, 4) is 0 Å². The maximum Gasteiger partial charge on any atom is 0.254 e. The van der Waals surface area contributed by atoms with Crippen molar-refractivity contribution in [2.45, 2.75) is 37.4 Å². The largest absolute Gasteiger partial charge is 0.333 e. The average Bonchev–Trinajstić information content (AvgIpc) is 3.11. The van der Waals surface area contributed by atoms with Crippen molar-refractivity contribution < 1.29 is 17.6 Å². The second-order valence-electron chi connectivity index (χ2n) is 7.92. The molecule has 2 N–H and O–H groups in total. The van der Waals surface area contributed by atoms with Crippen molar-refractivity contribution in [1.82, 2.24) is 19.6 Å². The summed E-state index contributed by atoms with van der Waals surface area (Å²) in [6.07, 6.45) is 0.998. The van der Waals surface area contributed by atoms with Crippen LogP contribution in [0.3, 0.4) is 0 Å². The normalized spacial score (nSPS) is 18.8. The van der Waals surface area contributed by atoms with E-state index in [2.05, 4.69) is 20.0 Å². The number of anilines is 2. The molecule has 0 saturated carbocycles. The third kappa shape index (κ3) is 4.28. The maximum absolute atomic E-state index is 13.7. The Morgan fingerprint density at radius 1 is 1.22 bits per heavy atom. The first-order chi connectivity index (χ1) is 15.2. The van der Waals surface area contributed by atoms with Gasteiger partial charge in [-0.25, -0.2) is 27.5 Å². The molecule has 3 aromatic rings. The number of rotatable bonds is 5. The predicted molar refractivity (Wildman–Crippen MR) is 120 cm³/mol. The Balaban J connectivity index is 1.60. The first-order valence-electron chi connectivity index (χ1n) is 10.2. The molecular weight excluding hydrogens is 433 g/mol. The standard InChI is InChI=1S/C22H24FN5O3S/c1-13-8-18(32(30,31)24-3)6-7-19(13)26-22-25-11-16-5-4-15(10-20(16)27-22)21(29)28-12-17(23)9-14(28)2/h4-8,10-11,14,17,24H,9,12H2,1-3H3,(H,25,26,27)/t14-,17-/m0/s1. The Morgan fingerprint density at radius 2 is 2.00 bits per heavy atom. The molecule has 4 rings (SSSR count). The molecule has 1 aliphatic rings. The topological polar surface area (TPSA) is 104 Å². The Bertz CT molecular complexity index is 1300. The van der Waals surface area contributed by atoms with Crippen LogP contribution in [0.15, 0.2) is 47.5 Å². The minimum Gasteiger partial charge on any atom is -0.333 e. The third-order valence-corrected chi connectivity index (χ3v) is 7.05. The first kappa shape index (κ1) is 22.1. The predicted octanol–water partition coefficient (Wildman–Crippen LogP) is 3.16. The lowest BCUT2D eigenvalue weighted by atomic mass is 10.1. The van der Waals surface area contributed by atoms with E-state index in [0.29, 0.717) is 34.7 Å². The van der Waals surface area contributed by atoms with Crippen LogP contribution in [-0.4, -0.2) is 55.0 Å². The molecule has 10 heteroatoms. The van der Waals surface area contributed by atoms with Crippen molar-refractivity contribution in [3.05, 3.63) is 53.7 Å². The van der Waals surface area contributed by atoms with Gasteiger partial charge in [0.1, 0.15) is 6.17 Å². The highest BCUT2D eigenvalue weighted by Crippen LogP contribution is 2.25. The Kier molecular flexibility index (Phi) is 5.83. The fraction of sp³-hybridized carbons (Fsp3) is 0.318. The van der Waals surface area contributed by atoms with Gasteiger partial charge in [0, 0.05) is 35.3 Å². The maximum atomic E-state index is 13.7. The number of nitrogens with zero attached hydrogens (tertiary/aromatic N) is 3. The SMILES string of the molecule is CNS(=O)(=O)c1ccc(Nc2ncc3ccc(C(=O)N4C[C@@H](F)C[C@@H]4C)cc3n2)c(C)c1. The number of carbonyl (C=O) groups is 1. The number of aryl methyl sites for hydroxylation is 1. The van der Waals surface area contributed by atoms with Crippen molar-refractivity contribution in [3.63, 3.8) is 0 Å². The highest BCUT2D eigenvalue weighted by Gasteiger charge is 2.32. The van der Waals surface area contributed by atoms with E-state index in [1.54, 1.807) is 48.4 Å². The van der Waals surface area contributed by atoms with Crippen molar-refractivity contribution in [2.24, 2.45) is 0 Å². The van der Waals surface area contributed by atoms with Gasteiger partial charge in [-0.1, -0.05) is 6.07 Å². The fourth-order valence-corrected chi connectivity index (χ4v) is 4.63. The monoisotopic (exact) mass is 457 g/mol. The van der Waals surface area contributed by atoms with Gasteiger partial charge in [0.25, 0.3) is 5.91 Å². The van der Waals surface area contributed by atoms with Gasteiger partial charge >= 0.3 is 0 Å². The Morgan fingerprint density at radius 3 is 2.66 bits per heavy atom.